The van der Waals surface area contributed by atoms with Crippen molar-refractivity contribution < 1.29 is 9.59 Å². The number of carbonyl (C=O) groups excluding carboxylic acids is 2. The van der Waals surface area contributed by atoms with Gasteiger partial charge in [0.15, 0.2) is 0 Å². The first-order valence-electron chi connectivity index (χ1n) is 10.1. The first-order chi connectivity index (χ1) is 14.9. The number of anilines is 2. The first-order valence-corrected chi connectivity index (χ1v) is 11.6. The summed E-state index contributed by atoms with van der Waals surface area (Å²) in [4.78, 5) is 26.9. The van der Waals surface area contributed by atoms with Crippen molar-refractivity contribution in [3.63, 3.8) is 0 Å². The average Bonchev–Trinajstić information content (AvgIpc) is 3.16. The van der Waals surface area contributed by atoms with Crippen molar-refractivity contribution in [1.29, 1.82) is 0 Å². The molecule has 1 fully saturated rings. The molecule has 1 saturated heterocycles. The van der Waals surface area contributed by atoms with E-state index in [4.69, 9.17) is 11.6 Å². The fourth-order valence-corrected chi connectivity index (χ4v) is 4.94. The van der Waals surface area contributed by atoms with Gasteiger partial charge < -0.3 is 5.32 Å². The van der Waals surface area contributed by atoms with Crippen LogP contribution in [0, 0.1) is 0 Å². The van der Waals surface area contributed by atoms with Gasteiger partial charge in [-0.3, -0.25) is 14.5 Å². The number of rotatable bonds is 5. The van der Waals surface area contributed by atoms with Crippen LogP contribution in [0.2, 0.25) is 5.02 Å². The van der Waals surface area contributed by atoms with E-state index in [9.17, 15) is 9.59 Å². The highest BCUT2D eigenvalue weighted by Gasteiger charge is 2.34. The number of hydrogen-bond donors (Lipinski definition) is 1. The predicted molar refractivity (Wildman–Crippen MR) is 129 cm³/mol. The number of amides is 2. The lowest BCUT2D eigenvalue weighted by Gasteiger charge is -2.25. The van der Waals surface area contributed by atoms with Crippen LogP contribution in [0.4, 0.5) is 11.4 Å². The van der Waals surface area contributed by atoms with E-state index in [1.165, 1.54) is 5.56 Å². The summed E-state index contributed by atoms with van der Waals surface area (Å²) in [5.41, 5.74) is 4.27. The quantitative estimate of drug-likeness (QED) is 0.483. The Kier molecular flexibility index (Phi) is 6.35. The molecule has 1 heterocycles. The number of nitrogens with zero attached hydrogens (tertiary/aromatic N) is 1. The Morgan fingerprint density at radius 1 is 1.03 bits per heavy atom. The summed E-state index contributed by atoms with van der Waals surface area (Å²) in [6, 6.07) is 22.8. The maximum Gasteiger partial charge on any atom is 0.257 e. The lowest BCUT2D eigenvalue weighted by atomic mass is 10.0. The Hall–Kier alpha value is -2.76. The normalized spacial score (nSPS) is 16.1. The minimum Gasteiger partial charge on any atom is -0.322 e. The molecule has 0 bridgehead atoms. The van der Waals surface area contributed by atoms with Gasteiger partial charge in [-0.2, -0.15) is 0 Å². The zero-order chi connectivity index (χ0) is 22.0. The molecule has 4 rings (SSSR count). The van der Waals surface area contributed by atoms with Crippen LogP contribution in [0.15, 0.2) is 72.8 Å². The van der Waals surface area contributed by atoms with Crippen LogP contribution in [0.5, 0.6) is 0 Å². The average molecular weight is 451 g/mol. The molecule has 0 aromatic heterocycles. The Morgan fingerprint density at radius 3 is 2.35 bits per heavy atom. The molecule has 1 aliphatic rings. The van der Waals surface area contributed by atoms with E-state index >= 15 is 0 Å². The van der Waals surface area contributed by atoms with Crippen molar-refractivity contribution in [1.82, 2.24) is 0 Å². The number of carbonyl (C=O) groups is 2. The van der Waals surface area contributed by atoms with Crippen molar-refractivity contribution in [2.75, 3.05) is 16.0 Å². The molecule has 4 nitrogen and oxygen atoms in total. The molecule has 1 unspecified atom stereocenters. The summed E-state index contributed by atoms with van der Waals surface area (Å²) in [7, 11) is 0. The molecule has 0 saturated carbocycles. The monoisotopic (exact) mass is 450 g/mol. The number of hydrogen-bond acceptors (Lipinski definition) is 3. The summed E-state index contributed by atoms with van der Waals surface area (Å²) >= 11 is 7.72. The SMILES string of the molecule is CC(C)c1ccc(N2C(=O)CSC2c2ccc(NC(=O)c3ccccc3Cl)cc2)cc1. The molecular weight excluding hydrogens is 428 g/mol. The molecule has 6 heteroatoms. The second-order valence-electron chi connectivity index (χ2n) is 7.73. The molecule has 3 aromatic rings. The standard InChI is InChI=1S/C25H23ClN2O2S/c1-16(2)17-9-13-20(14-10-17)28-23(29)15-31-25(28)18-7-11-19(12-8-18)27-24(30)21-5-3-4-6-22(21)26/h3-14,16,25H,15H2,1-2H3,(H,27,30). The minimum atomic E-state index is -0.254. The van der Waals surface area contributed by atoms with E-state index in [2.05, 4.69) is 31.3 Å². The largest absolute Gasteiger partial charge is 0.322 e. The third-order valence-corrected chi connectivity index (χ3v) is 6.82. The second kappa shape index (κ2) is 9.16. The fourth-order valence-electron chi connectivity index (χ4n) is 3.54. The van der Waals surface area contributed by atoms with Gasteiger partial charge in [-0.05, 0) is 53.4 Å². The van der Waals surface area contributed by atoms with Crippen LogP contribution in [0.3, 0.4) is 0 Å². The number of halogens is 1. The number of benzene rings is 3. The van der Waals surface area contributed by atoms with E-state index in [0.717, 1.165) is 11.3 Å². The highest BCUT2D eigenvalue weighted by atomic mass is 35.5. The Balaban J connectivity index is 1.51. The Bertz CT molecular complexity index is 1100. The lowest BCUT2D eigenvalue weighted by molar-refractivity contribution is -0.115. The van der Waals surface area contributed by atoms with Crippen molar-refractivity contribution in [3.8, 4) is 0 Å². The van der Waals surface area contributed by atoms with Crippen LogP contribution < -0.4 is 10.2 Å². The van der Waals surface area contributed by atoms with Crippen LogP contribution in [0.1, 0.15) is 46.6 Å². The van der Waals surface area contributed by atoms with Crippen molar-refractivity contribution >= 4 is 46.6 Å². The van der Waals surface area contributed by atoms with Crippen LogP contribution in [-0.4, -0.2) is 17.6 Å². The summed E-state index contributed by atoms with van der Waals surface area (Å²) in [6.45, 7) is 4.31. The van der Waals surface area contributed by atoms with Gasteiger partial charge in [0.25, 0.3) is 5.91 Å². The van der Waals surface area contributed by atoms with Crippen molar-refractivity contribution in [2.24, 2.45) is 0 Å². The summed E-state index contributed by atoms with van der Waals surface area (Å²) in [5.74, 6) is 0.739. The molecule has 0 spiro atoms. The topological polar surface area (TPSA) is 49.4 Å². The van der Waals surface area contributed by atoms with Crippen LogP contribution in [0.25, 0.3) is 0 Å². The van der Waals surface area contributed by atoms with Gasteiger partial charge in [0, 0.05) is 11.4 Å². The smallest absolute Gasteiger partial charge is 0.257 e. The highest BCUT2D eigenvalue weighted by molar-refractivity contribution is 8.00. The Labute approximate surface area is 191 Å². The van der Waals surface area contributed by atoms with E-state index < -0.39 is 0 Å². The lowest BCUT2D eigenvalue weighted by Crippen LogP contribution is -2.27. The number of nitrogens with one attached hydrogen (secondary N) is 1. The van der Waals surface area contributed by atoms with Gasteiger partial charge >= 0.3 is 0 Å². The van der Waals surface area contributed by atoms with Gasteiger partial charge in [0.1, 0.15) is 5.37 Å². The fraction of sp³-hybridized carbons (Fsp3) is 0.200. The molecule has 0 radical (unpaired) electrons. The predicted octanol–water partition coefficient (Wildman–Crippen LogP) is 6.49. The van der Waals surface area contributed by atoms with Gasteiger partial charge in [-0.25, -0.2) is 0 Å². The second-order valence-corrected chi connectivity index (χ2v) is 9.21. The first kappa shape index (κ1) is 21.5. The molecular formula is C25H23ClN2O2S. The molecule has 158 valence electrons. The summed E-state index contributed by atoms with van der Waals surface area (Å²) < 4.78 is 0. The molecule has 3 aromatic carbocycles. The van der Waals surface area contributed by atoms with E-state index in [1.807, 2.05) is 41.3 Å². The summed E-state index contributed by atoms with van der Waals surface area (Å²) in [6.07, 6.45) is 0. The molecule has 1 aliphatic heterocycles. The number of thioether (sulfide) groups is 1. The maximum atomic E-state index is 12.6. The molecule has 0 aliphatic carbocycles. The van der Waals surface area contributed by atoms with E-state index in [1.54, 1.807) is 36.0 Å². The zero-order valence-electron chi connectivity index (χ0n) is 17.3. The minimum absolute atomic E-state index is 0.0919. The summed E-state index contributed by atoms with van der Waals surface area (Å²) in [5, 5.41) is 3.20. The van der Waals surface area contributed by atoms with Crippen molar-refractivity contribution in [2.45, 2.75) is 25.1 Å². The maximum absolute atomic E-state index is 12.6. The molecule has 31 heavy (non-hydrogen) atoms. The van der Waals surface area contributed by atoms with Crippen LogP contribution in [-0.2, 0) is 4.79 Å². The van der Waals surface area contributed by atoms with Crippen molar-refractivity contribution in [3.05, 3.63) is 94.5 Å². The van der Waals surface area contributed by atoms with Gasteiger partial charge in [0.2, 0.25) is 5.91 Å². The Morgan fingerprint density at radius 2 is 1.71 bits per heavy atom. The third kappa shape index (κ3) is 4.63. The van der Waals surface area contributed by atoms with E-state index in [-0.39, 0.29) is 17.2 Å². The van der Waals surface area contributed by atoms with E-state index in [0.29, 0.717) is 27.9 Å². The van der Waals surface area contributed by atoms with Gasteiger partial charge in [-0.15, -0.1) is 11.8 Å². The zero-order valence-corrected chi connectivity index (χ0v) is 18.9. The molecule has 1 atom stereocenters. The molecule has 1 N–H and O–H groups in total. The van der Waals surface area contributed by atoms with Gasteiger partial charge in [0.05, 0.1) is 16.3 Å². The van der Waals surface area contributed by atoms with Crippen LogP contribution >= 0.6 is 23.4 Å². The third-order valence-electron chi connectivity index (χ3n) is 5.28. The molecule has 2 amide bonds. The highest BCUT2D eigenvalue weighted by Crippen LogP contribution is 2.42. The van der Waals surface area contributed by atoms with Gasteiger partial charge in [-0.1, -0.05) is 61.8 Å².